The van der Waals surface area contributed by atoms with Crippen molar-refractivity contribution in [3.8, 4) is 11.5 Å². The highest BCUT2D eigenvalue weighted by atomic mass is 32.2. The van der Waals surface area contributed by atoms with E-state index in [9.17, 15) is 23.1 Å². The van der Waals surface area contributed by atoms with E-state index in [2.05, 4.69) is 0 Å². The summed E-state index contributed by atoms with van der Waals surface area (Å²) in [6, 6.07) is 18.1. The highest BCUT2D eigenvalue weighted by Crippen LogP contribution is 2.35. The predicted molar refractivity (Wildman–Crippen MR) is 121 cm³/mol. The van der Waals surface area contributed by atoms with Gasteiger partial charge in [-0.15, -0.1) is 0 Å². The third-order valence-electron chi connectivity index (χ3n) is 5.19. The van der Waals surface area contributed by atoms with Gasteiger partial charge >= 0.3 is 5.97 Å². The number of ether oxygens (including phenoxy) is 2. The summed E-state index contributed by atoms with van der Waals surface area (Å²) in [5.41, 5.74) is -0.803. The van der Waals surface area contributed by atoms with Gasteiger partial charge in [0.15, 0.2) is 11.5 Å². The van der Waals surface area contributed by atoms with Gasteiger partial charge < -0.3 is 14.6 Å². The molecular formula is C24H19NO7S. The van der Waals surface area contributed by atoms with Crippen LogP contribution in [0.5, 0.6) is 11.5 Å². The summed E-state index contributed by atoms with van der Waals surface area (Å²) >= 11 is 0. The van der Waals surface area contributed by atoms with Crippen LogP contribution < -0.4 is 9.47 Å². The summed E-state index contributed by atoms with van der Waals surface area (Å²) in [5.74, 6) is -1.71. The summed E-state index contributed by atoms with van der Waals surface area (Å²) in [6.07, 6.45) is 0. The van der Waals surface area contributed by atoms with E-state index in [4.69, 9.17) is 9.47 Å². The van der Waals surface area contributed by atoms with Crippen LogP contribution in [0, 0.1) is 0 Å². The Labute approximate surface area is 189 Å². The molecule has 0 atom stereocenters. The number of nitrogens with zero attached hydrogens (tertiary/aromatic N) is 1. The van der Waals surface area contributed by atoms with Crippen molar-refractivity contribution in [2.45, 2.75) is 4.90 Å². The molecule has 0 aliphatic heterocycles. The molecule has 0 fully saturated rings. The van der Waals surface area contributed by atoms with Gasteiger partial charge in [-0.3, -0.25) is 4.79 Å². The third-order valence-corrected chi connectivity index (χ3v) is 6.92. The summed E-state index contributed by atoms with van der Waals surface area (Å²) in [4.78, 5) is 26.0. The molecule has 0 aliphatic rings. The fourth-order valence-corrected chi connectivity index (χ4v) is 5.25. The summed E-state index contributed by atoms with van der Waals surface area (Å²) < 4.78 is 38.2. The lowest BCUT2D eigenvalue weighted by Gasteiger charge is -2.12. The van der Waals surface area contributed by atoms with Gasteiger partial charge in [-0.2, -0.15) is 0 Å². The molecule has 0 aliphatic carbocycles. The Bertz CT molecular complexity index is 1490. The number of carbonyl (C=O) groups is 2. The maximum Gasteiger partial charge on any atom is 0.354 e. The lowest BCUT2D eigenvalue weighted by molar-refractivity contribution is 0.0685. The zero-order valence-corrected chi connectivity index (χ0v) is 18.5. The van der Waals surface area contributed by atoms with Crippen LogP contribution >= 0.6 is 0 Å². The fourth-order valence-electron chi connectivity index (χ4n) is 3.71. The van der Waals surface area contributed by atoms with Crippen LogP contribution in [0.25, 0.3) is 10.9 Å². The molecule has 0 saturated heterocycles. The van der Waals surface area contributed by atoms with E-state index in [0.717, 1.165) is 0 Å². The van der Waals surface area contributed by atoms with Gasteiger partial charge in [0.25, 0.3) is 10.0 Å². The number of methoxy groups -OCH3 is 2. The smallest absolute Gasteiger partial charge is 0.354 e. The molecule has 1 N–H and O–H groups in total. The first-order valence-electron chi connectivity index (χ1n) is 9.75. The first-order valence-corrected chi connectivity index (χ1v) is 11.2. The van der Waals surface area contributed by atoms with Crippen molar-refractivity contribution in [1.29, 1.82) is 0 Å². The molecular weight excluding hydrogens is 446 g/mol. The van der Waals surface area contributed by atoms with Crippen molar-refractivity contribution in [1.82, 2.24) is 3.97 Å². The second kappa shape index (κ2) is 8.44. The molecule has 1 aromatic heterocycles. The number of hydrogen-bond donors (Lipinski definition) is 1. The standard InChI is InChI=1S/C24H19NO7S/c1-31-15-12-13-20(32-2)18(14-15)23(26)21-17-10-6-7-11-19(17)25(22(21)24(27)28)33(29,30)16-8-4-3-5-9-16/h3-14H,1-2H3,(H,27,28). The summed E-state index contributed by atoms with van der Waals surface area (Å²) in [5, 5.41) is 10.3. The highest BCUT2D eigenvalue weighted by Gasteiger charge is 2.34. The first-order chi connectivity index (χ1) is 15.8. The van der Waals surface area contributed by atoms with Crippen molar-refractivity contribution in [3.63, 3.8) is 0 Å². The molecule has 9 heteroatoms. The van der Waals surface area contributed by atoms with Crippen LogP contribution in [0.1, 0.15) is 26.4 Å². The molecule has 0 radical (unpaired) electrons. The molecule has 168 valence electrons. The fraction of sp³-hybridized carbons (Fsp3) is 0.0833. The molecule has 1 heterocycles. The summed E-state index contributed by atoms with van der Waals surface area (Å²) in [6.45, 7) is 0. The van der Waals surface area contributed by atoms with Gasteiger partial charge in [0.05, 0.1) is 35.8 Å². The van der Waals surface area contributed by atoms with Gasteiger partial charge in [-0.25, -0.2) is 17.2 Å². The van der Waals surface area contributed by atoms with Gasteiger partial charge in [0, 0.05) is 5.39 Å². The highest BCUT2D eigenvalue weighted by molar-refractivity contribution is 7.90. The quantitative estimate of drug-likeness (QED) is 0.413. The minimum absolute atomic E-state index is 0.0411. The number of carbonyl (C=O) groups excluding carboxylic acids is 1. The zero-order chi connectivity index (χ0) is 23.8. The molecule has 0 amide bonds. The number of ketones is 1. The van der Waals surface area contributed by atoms with Crippen molar-refractivity contribution in [2.24, 2.45) is 0 Å². The van der Waals surface area contributed by atoms with Crippen LogP contribution in [-0.4, -0.2) is 43.5 Å². The number of aromatic nitrogens is 1. The van der Waals surface area contributed by atoms with Gasteiger partial charge in [0.2, 0.25) is 0 Å². The zero-order valence-electron chi connectivity index (χ0n) is 17.7. The van der Waals surface area contributed by atoms with E-state index in [1.807, 2.05) is 0 Å². The Balaban J connectivity index is 2.09. The van der Waals surface area contributed by atoms with Crippen LogP contribution in [0.4, 0.5) is 0 Å². The monoisotopic (exact) mass is 465 g/mol. The van der Waals surface area contributed by atoms with E-state index in [1.54, 1.807) is 24.3 Å². The molecule has 0 unspecified atom stereocenters. The number of carboxylic acid groups (broad SMARTS) is 1. The van der Waals surface area contributed by atoms with E-state index in [1.165, 1.54) is 62.8 Å². The normalized spacial score (nSPS) is 11.3. The lowest BCUT2D eigenvalue weighted by Crippen LogP contribution is -2.20. The first kappa shape index (κ1) is 22.1. The Morgan fingerprint density at radius 3 is 2.18 bits per heavy atom. The maximum atomic E-state index is 13.7. The minimum atomic E-state index is -4.34. The Morgan fingerprint density at radius 2 is 1.55 bits per heavy atom. The number of para-hydroxylation sites is 1. The molecule has 8 nitrogen and oxygen atoms in total. The van der Waals surface area contributed by atoms with Crippen LogP contribution in [-0.2, 0) is 10.0 Å². The minimum Gasteiger partial charge on any atom is -0.497 e. The van der Waals surface area contributed by atoms with Crippen LogP contribution in [0.15, 0.2) is 77.7 Å². The second-order valence-electron chi connectivity index (χ2n) is 7.02. The number of rotatable bonds is 7. The van der Waals surface area contributed by atoms with E-state index >= 15 is 0 Å². The van der Waals surface area contributed by atoms with Crippen molar-refractivity contribution >= 4 is 32.7 Å². The number of aromatic carboxylic acids is 1. The third kappa shape index (κ3) is 3.62. The van der Waals surface area contributed by atoms with Gasteiger partial charge in [-0.05, 0) is 36.4 Å². The average Bonchev–Trinajstić information content (AvgIpc) is 3.20. The number of hydrogen-bond acceptors (Lipinski definition) is 6. The molecule has 4 aromatic rings. The number of benzene rings is 3. The van der Waals surface area contributed by atoms with E-state index < -0.39 is 27.5 Å². The molecule has 4 rings (SSSR count). The molecule has 33 heavy (non-hydrogen) atoms. The molecule has 3 aromatic carbocycles. The largest absolute Gasteiger partial charge is 0.497 e. The Kier molecular flexibility index (Phi) is 5.65. The SMILES string of the molecule is COc1ccc(OC)c(C(=O)c2c(C(=O)O)n(S(=O)(=O)c3ccccc3)c3ccccc23)c1. The second-order valence-corrected chi connectivity index (χ2v) is 8.81. The topological polar surface area (TPSA) is 112 Å². The van der Waals surface area contributed by atoms with E-state index in [0.29, 0.717) is 9.72 Å². The van der Waals surface area contributed by atoms with Crippen molar-refractivity contribution in [2.75, 3.05) is 14.2 Å². The molecule has 0 saturated carbocycles. The van der Waals surface area contributed by atoms with Gasteiger partial charge in [0.1, 0.15) is 11.5 Å². The van der Waals surface area contributed by atoms with Crippen LogP contribution in [0.2, 0.25) is 0 Å². The van der Waals surface area contributed by atoms with E-state index in [-0.39, 0.29) is 32.7 Å². The molecule has 0 spiro atoms. The van der Waals surface area contributed by atoms with Crippen molar-refractivity contribution in [3.05, 3.63) is 89.6 Å². The predicted octanol–water partition coefficient (Wildman–Crippen LogP) is 3.82. The lowest BCUT2D eigenvalue weighted by atomic mass is 9.99. The van der Waals surface area contributed by atoms with Gasteiger partial charge in [-0.1, -0.05) is 36.4 Å². The summed E-state index contributed by atoms with van der Waals surface area (Å²) in [7, 11) is -1.53. The molecule has 0 bridgehead atoms. The Morgan fingerprint density at radius 1 is 0.879 bits per heavy atom. The number of carboxylic acids is 1. The Hall–Kier alpha value is -4.11. The average molecular weight is 465 g/mol. The van der Waals surface area contributed by atoms with Crippen molar-refractivity contribution < 1.29 is 32.6 Å². The number of fused-ring (bicyclic) bond motifs is 1. The van der Waals surface area contributed by atoms with Crippen LogP contribution in [0.3, 0.4) is 0 Å². The maximum absolute atomic E-state index is 13.7.